The van der Waals surface area contributed by atoms with E-state index in [9.17, 15) is 0 Å². The average molecular weight is 854 g/mol. The monoisotopic (exact) mass is 853 g/mol. The second-order valence-electron chi connectivity index (χ2n) is 18.7. The Hall–Kier alpha value is -8.26. The number of rotatable bonds is 6. The Kier molecular flexibility index (Phi) is 8.85. The fourth-order valence-electron chi connectivity index (χ4n) is 12.0. The van der Waals surface area contributed by atoms with Gasteiger partial charge in [0.15, 0.2) is 0 Å². The summed E-state index contributed by atoms with van der Waals surface area (Å²) in [6.45, 7) is 4.78. The number of para-hydroxylation sites is 1. The van der Waals surface area contributed by atoms with Crippen LogP contribution in [0, 0.1) is 0 Å². The highest BCUT2D eigenvalue weighted by atomic mass is 15.1. The Balaban J connectivity index is 1.07. The molecule has 0 saturated heterocycles. The molecule has 0 atom stereocenters. The van der Waals surface area contributed by atoms with Crippen LogP contribution in [-0.4, -0.2) is 0 Å². The lowest BCUT2D eigenvalue weighted by Gasteiger charge is -2.46. The van der Waals surface area contributed by atoms with Crippen molar-refractivity contribution in [1.82, 2.24) is 0 Å². The third kappa shape index (κ3) is 5.81. The molecule has 67 heavy (non-hydrogen) atoms. The van der Waals surface area contributed by atoms with Gasteiger partial charge in [0, 0.05) is 22.4 Å². The SMILES string of the molecule is CC1(C)c2ccccc2C2(c3ccccc3-c3cc(N(c4ccc5c(ccc6ccccc65)c4)c4ccccc4-c4ccccc4-c4ccccc4-c4ccccc4)ccc32)c2ccccc21. The number of benzene rings is 11. The van der Waals surface area contributed by atoms with Gasteiger partial charge in [-0.15, -0.1) is 0 Å². The molecule has 1 nitrogen and oxygen atoms in total. The van der Waals surface area contributed by atoms with E-state index in [2.05, 4.69) is 267 Å². The zero-order valence-corrected chi connectivity index (χ0v) is 37.6. The second kappa shape index (κ2) is 15.2. The smallest absolute Gasteiger partial charge is 0.0719 e. The predicted octanol–water partition coefficient (Wildman–Crippen LogP) is 17.5. The van der Waals surface area contributed by atoms with Crippen LogP contribution in [0.15, 0.2) is 249 Å². The Morgan fingerprint density at radius 1 is 0.284 bits per heavy atom. The zero-order chi connectivity index (χ0) is 44.7. The highest BCUT2D eigenvalue weighted by molar-refractivity contribution is 6.09. The van der Waals surface area contributed by atoms with Gasteiger partial charge >= 0.3 is 0 Å². The summed E-state index contributed by atoms with van der Waals surface area (Å²) in [5.74, 6) is 0. The van der Waals surface area contributed by atoms with Crippen molar-refractivity contribution in [3.8, 4) is 44.5 Å². The minimum Gasteiger partial charge on any atom is -0.310 e. The molecule has 13 rings (SSSR count). The molecule has 0 aromatic heterocycles. The Morgan fingerprint density at radius 2 is 0.746 bits per heavy atom. The molecular weight excluding hydrogens is 807 g/mol. The summed E-state index contributed by atoms with van der Waals surface area (Å²) >= 11 is 0. The van der Waals surface area contributed by atoms with Gasteiger partial charge in [-0.1, -0.05) is 232 Å². The molecule has 11 aromatic rings. The molecule has 0 radical (unpaired) electrons. The van der Waals surface area contributed by atoms with E-state index in [0.29, 0.717) is 0 Å². The third-order valence-corrected chi connectivity index (χ3v) is 14.9. The van der Waals surface area contributed by atoms with Gasteiger partial charge in [0.25, 0.3) is 0 Å². The molecule has 0 aliphatic heterocycles. The first-order valence-corrected chi connectivity index (χ1v) is 23.5. The third-order valence-electron chi connectivity index (χ3n) is 14.9. The Labute approximate surface area is 392 Å². The lowest BCUT2D eigenvalue weighted by molar-refractivity contribution is 0.563. The molecule has 0 amide bonds. The molecule has 0 fully saturated rings. The topological polar surface area (TPSA) is 3.24 Å². The van der Waals surface area contributed by atoms with Gasteiger partial charge in [0.2, 0.25) is 0 Å². The van der Waals surface area contributed by atoms with Crippen molar-refractivity contribution in [3.63, 3.8) is 0 Å². The predicted molar refractivity (Wildman–Crippen MR) is 282 cm³/mol. The van der Waals surface area contributed by atoms with Crippen LogP contribution in [0.5, 0.6) is 0 Å². The highest BCUT2D eigenvalue weighted by Crippen LogP contribution is 2.63. The van der Waals surface area contributed by atoms with Crippen molar-refractivity contribution in [2.45, 2.75) is 24.7 Å². The quantitative estimate of drug-likeness (QED) is 0.151. The summed E-state index contributed by atoms with van der Waals surface area (Å²) in [6.07, 6.45) is 0. The first-order chi connectivity index (χ1) is 33.0. The lowest BCUT2D eigenvalue weighted by atomic mass is 9.55. The number of hydrogen-bond acceptors (Lipinski definition) is 1. The summed E-state index contributed by atoms with van der Waals surface area (Å²) in [5, 5.41) is 4.97. The molecule has 316 valence electrons. The number of anilines is 3. The molecule has 1 heteroatoms. The number of fused-ring (bicyclic) bond motifs is 12. The summed E-state index contributed by atoms with van der Waals surface area (Å²) in [6, 6.07) is 92.7. The molecule has 2 aliphatic carbocycles. The van der Waals surface area contributed by atoms with Crippen molar-refractivity contribution in [3.05, 3.63) is 282 Å². The molecule has 1 spiro atoms. The Bertz CT molecular complexity index is 3690. The molecule has 11 aromatic carbocycles. The molecule has 0 saturated carbocycles. The number of nitrogens with zero attached hydrogens (tertiary/aromatic N) is 1. The first-order valence-electron chi connectivity index (χ1n) is 23.5. The summed E-state index contributed by atoms with van der Waals surface area (Å²) in [7, 11) is 0. The van der Waals surface area contributed by atoms with Crippen molar-refractivity contribution in [2.24, 2.45) is 0 Å². The summed E-state index contributed by atoms with van der Waals surface area (Å²) in [4.78, 5) is 2.50. The normalized spacial score (nSPS) is 13.8. The highest BCUT2D eigenvalue weighted by Gasteiger charge is 2.53. The summed E-state index contributed by atoms with van der Waals surface area (Å²) < 4.78 is 0. The minimum atomic E-state index is -0.467. The standard InChI is InChI=1S/C66H47N/c1-65(2)60-31-15-17-33-62(60)66(63-34-18-16-32-61(63)65)58-30-14-12-28-55(58)57-43-48(39-41-59(57)66)67(47-38-40-51-46(42-47)37-36-45-22-6-7-23-49(45)51)64-35-19-13-29-56(64)54-27-11-10-26-53(54)52-25-9-8-24-50(52)44-20-4-3-5-21-44/h3-43H,1-2H3. The molecule has 0 heterocycles. The Morgan fingerprint density at radius 3 is 1.46 bits per heavy atom. The maximum atomic E-state index is 2.50. The zero-order valence-electron chi connectivity index (χ0n) is 37.6. The van der Waals surface area contributed by atoms with Gasteiger partial charge in [-0.2, -0.15) is 0 Å². The van der Waals surface area contributed by atoms with Gasteiger partial charge in [0.1, 0.15) is 0 Å². The van der Waals surface area contributed by atoms with Crippen molar-refractivity contribution in [1.29, 1.82) is 0 Å². The van der Waals surface area contributed by atoms with Gasteiger partial charge in [-0.3, -0.25) is 0 Å². The summed E-state index contributed by atoms with van der Waals surface area (Å²) in [5.41, 5.74) is 20.6. The van der Waals surface area contributed by atoms with Crippen molar-refractivity contribution >= 4 is 38.6 Å². The molecule has 0 N–H and O–H groups in total. The van der Waals surface area contributed by atoms with Crippen LogP contribution >= 0.6 is 0 Å². The van der Waals surface area contributed by atoms with E-state index in [0.717, 1.165) is 22.6 Å². The van der Waals surface area contributed by atoms with E-state index < -0.39 is 5.41 Å². The first kappa shape index (κ1) is 39.1. The average Bonchev–Trinajstić information content (AvgIpc) is 3.68. The second-order valence-corrected chi connectivity index (χ2v) is 18.7. The van der Waals surface area contributed by atoms with E-state index in [4.69, 9.17) is 0 Å². The molecular formula is C66H47N. The molecule has 0 bridgehead atoms. The fourth-order valence-corrected chi connectivity index (χ4v) is 12.0. The van der Waals surface area contributed by atoms with Crippen LogP contribution in [0.1, 0.15) is 47.2 Å². The molecule has 0 unspecified atom stereocenters. The van der Waals surface area contributed by atoms with Crippen LogP contribution in [0.2, 0.25) is 0 Å². The van der Waals surface area contributed by atoms with Crippen molar-refractivity contribution in [2.75, 3.05) is 4.90 Å². The van der Waals surface area contributed by atoms with Crippen LogP contribution in [0.3, 0.4) is 0 Å². The van der Waals surface area contributed by atoms with Crippen LogP contribution in [0.25, 0.3) is 66.1 Å². The minimum absolute atomic E-state index is 0.157. The van der Waals surface area contributed by atoms with Gasteiger partial charge in [-0.25, -0.2) is 0 Å². The van der Waals surface area contributed by atoms with Gasteiger partial charge in [-0.05, 0) is 124 Å². The van der Waals surface area contributed by atoms with Crippen LogP contribution in [0.4, 0.5) is 17.1 Å². The van der Waals surface area contributed by atoms with E-state index in [1.807, 2.05) is 0 Å². The van der Waals surface area contributed by atoms with E-state index in [1.54, 1.807) is 0 Å². The largest absolute Gasteiger partial charge is 0.310 e. The molecule has 2 aliphatic rings. The number of hydrogen-bond donors (Lipinski definition) is 0. The van der Waals surface area contributed by atoms with Gasteiger partial charge in [0.05, 0.1) is 11.1 Å². The van der Waals surface area contributed by atoms with E-state index >= 15 is 0 Å². The van der Waals surface area contributed by atoms with Crippen LogP contribution in [-0.2, 0) is 10.8 Å². The fraction of sp³-hybridized carbons (Fsp3) is 0.0606. The maximum absolute atomic E-state index is 2.50. The van der Waals surface area contributed by atoms with Gasteiger partial charge < -0.3 is 4.90 Å². The maximum Gasteiger partial charge on any atom is 0.0719 e. The van der Waals surface area contributed by atoms with E-state index in [1.165, 1.54) is 93.9 Å². The van der Waals surface area contributed by atoms with E-state index in [-0.39, 0.29) is 5.41 Å². The lowest BCUT2D eigenvalue weighted by Crippen LogP contribution is -2.40. The van der Waals surface area contributed by atoms with Crippen molar-refractivity contribution < 1.29 is 0 Å². The van der Waals surface area contributed by atoms with Crippen LogP contribution < -0.4 is 4.90 Å².